The molecule has 0 heterocycles. The molecule has 0 saturated heterocycles. The van der Waals surface area contributed by atoms with Crippen molar-refractivity contribution >= 4 is 11.6 Å². The standard InChI is InChI=1S/C13H19FN2O3/c1-3-6-19-12-7-9(14)4-5-11(12)16-13(17)10(15)8-18-2/h4-5,7,10H,3,6,8,15H2,1-2H3,(H,16,17). The van der Waals surface area contributed by atoms with Gasteiger partial charge in [-0.3, -0.25) is 4.79 Å². The van der Waals surface area contributed by atoms with Gasteiger partial charge in [-0.25, -0.2) is 4.39 Å². The zero-order valence-electron chi connectivity index (χ0n) is 11.1. The number of methoxy groups -OCH3 is 1. The highest BCUT2D eigenvalue weighted by molar-refractivity contribution is 5.96. The predicted octanol–water partition coefficient (Wildman–Crippen LogP) is 1.53. The number of nitrogens with two attached hydrogens (primary N) is 1. The molecular formula is C13H19FN2O3. The number of halogens is 1. The van der Waals surface area contributed by atoms with E-state index in [2.05, 4.69) is 5.32 Å². The van der Waals surface area contributed by atoms with E-state index >= 15 is 0 Å². The number of nitrogens with one attached hydrogen (secondary N) is 1. The highest BCUT2D eigenvalue weighted by Crippen LogP contribution is 2.25. The lowest BCUT2D eigenvalue weighted by Crippen LogP contribution is -2.39. The van der Waals surface area contributed by atoms with Crippen molar-refractivity contribution in [2.75, 3.05) is 25.6 Å². The molecular weight excluding hydrogens is 251 g/mol. The van der Waals surface area contributed by atoms with Gasteiger partial charge in [0.25, 0.3) is 0 Å². The largest absolute Gasteiger partial charge is 0.491 e. The molecule has 1 aromatic carbocycles. The van der Waals surface area contributed by atoms with Crippen LogP contribution in [0.2, 0.25) is 0 Å². The minimum atomic E-state index is -0.783. The van der Waals surface area contributed by atoms with Crippen molar-refractivity contribution < 1.29 is 18.7 Å². The Labute approximate surface area is 111 Å². The highest BCUT2D eigenvalue weighted by Gasteiger charge is 2.15. The third kappa shape index (κ3) is 4.84. The molecule has 3 N–H and O–H groups in total. The molecule has 0 aliphatic carbocycles. The van der Waals surface area contributed by atoms with E-state index in [4.69, 9.17) is 15.2 Å². The van der Waals surface area contributed by atoms with Gasteiger partial charge < -0.3 is 20.5 Å². The SMILES string of the molecule is CCCOc1cc(F)ccc1NC(=O)C(N)COC. The Morgan fingerprint density at radius 3 is 2.89 bits per heavy atom. The summed E-state index contributed by atoms with van der Waals surface area (Å²) in [6.07, 6.45) is 0.785. The van der Waals surface area contributed by atoms with E-state index < -0.39 is 17.8 Å². The van der Waals surface area contributed by atoms with Crippen LogP contribution in [-0.4, -0.2) is 32.3 Å². The molecule has 0 radical (unpaired) electrons. The van der Waals surface area contributed by atoms with Crippen LogP contribution in [-0.2, 0) is 9.53 Å². The molecule has 0 aliphatic rings. The summed E-state index contributed by atoms with van der Waals surface area (Å²) in [4.78, 5) is 11.7. The number of ether oxygens (including phenoxy) is 2. The fourth-order valence-corrected chi connectivity index (χ4v) is 1.41. The van der Waals surface area contributed by atoms with Gasteiger partial charge in [0, 0.05) is 13.2 Å². The molecule has 1 unspecified atom stereocenters. The Balaban J connectivity index is 2.78. The summed E-state index contributed by atoms with van der Waals surface area (Å²) in [6.45, 7) is 2.49. The van der Waals surface area contributed by atoms with Crippen LogP contribution in [0.15, 0.2) is 18.2 Å². The minimum Gasteiger partial charge on any atom is -0.491 e. The third-order valence-corrected chi connectivity index (χ3v) is 2.35. The first-order chi connectivity index (χ1) is 9.08. The van der Waals surface area contributed by atoms with E-state index in [1.54, 1.807) is 0 Å². The van der Waals surface area contributed by atoms with E-state index in [0.29, 0.717) is 18.0 Å². The van der Waals surface area contributed by atoms with E-state index in [-0.39, 0.29) is 6.61 Å². The van der Waals surface area contributed by atoms with Crippen LogP contribution in [0.4, 0.5) is 10.1 Å². The van der Waals surface area contributed by atoms with Gasteiger partial charge in [-0.05, 0) is 18.6 Å². The van der Waals surface area contributed by atoms with Crippen LogP contribution in [0.1, 0.15) is 13.3 Å². The maximum atomic E-state index is 13.2. The minimum absolute atomic E-state index is 0.109. The summed E-state index contributed by atoms with van der Waals surface area (Å²) in [7, 11) is 1.46. The number of anilines is 1. The molecule has 0 fully saturated rings. The summed E-state index contributed by atoms with van der Waals surface area (Å²) in [5, 5.41) is 2.60. The summed E-state index contributed by atoms with van der Waals surface area (Å²) < 4.78 is 23.3. The fourth-order valence-electron chi connectivity index (χ4n) is 1.41. The molecule has 0 bridgehead atoms. The van der Waals surface area contributed by atoms with E-state index in [1.807, 2.05) is 6.92 Å². The summed E-state index contributed by atoms with van der Waals surface area (Å²) in [5.41, 5.74) is 6.00. The molecule has 1 amide bonds. The maximum absolute atomic E-state index is 13.2. The van der Waals surface area contributed by atoms with Gasteiger partial charge in [-0.1, -0.05) is 6.92 Å². The molecule has 5 nitrogen and oxygen atoms in total. The van der Waals surface area contributed by atoms with Crippen molar-refractivity contribution in [3.8, 4) is 5.75 Å². The lowest BCUT2D eigenvalue weighted by atomic mass is 10.2. The number of rotatable bonds is 7. The number of carbonyl (C=O) groups is 1. The van der Waals surface area contributed by atoms with Crippen molar-refractivity contribution in [1.82, 2.24) is 0 Å². The molecule has 0 saturated carbocycles. The monoisotopic (exact) mass is 270 g/mol. The van der Waals surface area contributed by atoms with Crippen LogP contribution in [0, 0.1) is 5.82 Å². The molecule has 0 aliphatic heterocycles. The molecule has 1 rings (SSSR count). The first-order valence-corrected chi connectivity index (χ1v) is 6.06. The number of amides is 1. The van der Waals surface area contributed by atoms with Gasteiger partial charge >= 0.3 is 0 Å². The molecule has 106 valence electrons. The molecule has 6 heteroatoms. The van der Waals surface area contributed by atoms with Gasteiger partial charge in [0.15, 0.2) is 0 Å². The molecule has 1 atom stereocenters. The maximum Gasteiger partial charge on any atom is 0.243 e. The van der Waals surface area contributed by atoms with Gasteiger partial charge in [0.1, 0.15) is 17.6 Å². The van der Waals surface area contributed by atoms with Crippen molar-refractivity contribution in [3.63, 3.8) is 0 Å². The molecule has 1 aromatic rings. The molecule has 0 spiro atoms. The Kier molecular flexibility index (Phi) is 6.24. The Bertz CT molecular complexity index is 426. The van der Waals surface area contributed by atoms with Crippen molar-refractivity contribution in [2.24, 2.45) is 5.73 Å². The quantitative estimate of drug-likeness (QED) is 0.788. The predicted molar refractivity (Wildman–Crippen MR) is 70.7 cm³/mol. The van der Waals surface area contributed by atoms with Crippen molar-refractivity contribution in [2.45, 2.75) is 19.4 Å². The van der Waals surface area contributed by atoms with Crippen LogP contribution in [0.25, 0.3) is 0 Å². The normalized spacial score (nSPS) is 12.0. The van der Waals surface area contributed by atoms with Crippen molar-refractivity contribution in [3.05, 3.63) is 24.0 Å². The van der Waals surface area contributed by atoms with Gasteiger partial charge in [-0.15, -0.1) is 0 Å². The zero-order valence-corrected chi connectivity index (χ0v) is 11.1. The smallest absolute Gasteiger partial charge is 0.243 e. The topological polar surface area (TPSA) is 73.6 Å². The average molecular weight is 270 g/mol. The second-order valence-corrected chi connectivity index (χ2v) is 4.04. The van der Waals surface area contributed by atoms with Crippen LogP contribution in [0.3, 0.4) is 0 Å². The third-order valence-electron chi connectivity index (χ3n) is 2.35. The van der Waals surface area contributed by atoms with Crippen LogP contribution >= 0.6 is 0 Å². The van der Waals surface area contributed by atoms with E-state index in [0.717, 1.165) is 6.42 Å². The second-order valence-electron chi connectivity index (χ2n) is 4.04. The van der Waals surface area contributed by atoms with Gasteiger partial charge in [-0.2, -0.15) is 0 Å². The van der Waals surface area contributed by atoms with Gasteiger partial charge in [0.2, 0.25) is 5.91 Å². The van der Waals surface area contributed by atoms with Crippen molar-refractivity contribution in [1.29, 1.82) is 0 Å². The highest BCUT2D eigenvalue weighted by atomic mass is 19.1. The summed E-state index contributed by atoms with van der Waals surface area (Å²) in [5.74, 6) is -0.542. The number of carbonyl (C=O) groups excluding carboxylic acids is 1. The number of benzene rings is 1. The Morgan fingerprint density at radius 1 is 1.53 bits per heavy atom. The van der Waals surface area contributed by atoms with Gasteiger partial charge in [0.05, 0.1) is 18.9 Å². The van der Waals surface area contributed by atoms with E-state index in [1.165, 1.54) is 25.3 Å². The summed E-state index contributed by atoms with van der Waals surface area (Å²) in [6, 6.07) is 3.13. The first-order valence-electron chi connectivity index (χ1n) is 6.06. The number of hydrogen-bond donors (Lipinski definition) is 2. The molecule has 19 heavy (non-hydrogen) atoms. The molecule has 0 aromatic heterocycles. The number of hydrogen-bond acceptors (Lipinski definition) is 4. The van der Waals surface area contributed by atoms with Crippen LogP contribution < -0.4 is 15.8 Å². The Hall–Kier alpha value is -1.66. The average Bonchev–Trinajstić information content (AvgIpc) is 2.39. The fraction of sp³-hybridized carbons (Fsp3) is 0.462. The Morgan fingerprint density at radius 2 is 2.26 bits per heavy atom. The van der Waals surface area contributed by atoms with E-state index in [9.17, 15) is 9.18 Å². The summed E-state index contributed by atoms with van der Waals surface area (Å²) >= 11 is 0. The zero-order chi connectivity index (χ0) is 14.3. The van der Waals surface area contributed by atoms with Crippen LogP contribution in [0.5, 0.6) is 5.75 Å². The second kappa shape index (κ2) is 7.70. The lowest BCUT2D eigenvalue weighted by Gasteiger charge is -2.15. The first kappa shape index (κ1) is 15.4. The lowest BCUT2D eigenvalue weighted by molar-refractivity contribution is -0.118.